The smallest absolute Gasteiger partial charge is 0.313 e. The average Bonchev–Trinajstić information content (AvgIpc) is 3.71. The predicted molar refractivity (Wildman–Crippen MR) is 185 cm³/mol. The Kier molecular flexibility index (Phi) is 12.1. The van der Waals surface area contributed by atoms with Crippen LogP contribution in [0.5, 0.6) is 0 Å². The third-order valence-electron chi connectivity index (χ3n) is 10.3. The second-order valence-electron chi connectivity index (χ2n) is 13.4. The van der Waals surface area contributed by atoms with Crippen LogP contribution in [0.4, 0.5) is 0 Å². The largest absolute Gasteiger partial charge is 0.455 e. The number of likely N-dealkylation sites (tertiary alicyclic amines) is 1. The molecule has 1 spiro atoms. The summed E-state index contributed by atoms with van der Waals surface area (Å²) in [6, 6.07) is 7.38. The Balaban J connectivity index is 1.40. The van der Waals surface area contributed by atoms with E-state index < -0.39 is 47.7 Å². The molecule has 0 aromatic heterocycles. The van der Waals surface area contributed by atoms with Gasteiger partial charge >= 0.3 is 5.97 Å². The number of morpholine rings is 1. The number of hydrogen-bond donors (Lipinski definition) is 2. The van der Waals surface area contributed by atoms with Crippen LogP contribution in [0, 0.1) is 11.8 Å². The molecular weight excluding hydrogens is 712 g/mol. The van der Waals surface area contributed by atoms with Crippen molar-refractivity contribution in [3.63, 3.8) is 0 Å². The summed E-state index contributed by atoms with van der Waals surface area (Å²) < 4.78 is 24.5. The van der Waals surface area contributed by atoms with Crippen molar-refractivity contribution < 1.29 is 43.2 Å². The SMILES string of the molecule is COC[C@H]1NC(=O)CC/C=C\CN(CCN2CCOCC2)C(=O)[C@@H]2N(CCCCO)C(=O)[C@H]3[C@H](C(=O)O[C@@H]1c1ccccc1)[C@H]1O[C@@]23C=C1Br. The number of methoxy groups -OCH3 is 1. The minimum atomic E-state index is -1.40. The summed E-state index contributed by atoms with van der Waals surface area (Å²) >= 11 is 3.62. The fourth-order valence-electron chi connectivity index (χ4n) is 7.88. The number of carbonyl (C=O) groups is 4. The predicted octanol–water partition coefficient (Wildman–Crippen LogP) is 1.56. The van der Waals surface area contributed by atoms with Crippen LogP contribution in [0.15, 0.2) is 53.0 Å². The number of hydrogen-bond acceptors (Lipinski definition) is 10. The van der Waals surface area contributed by atoms with Crippen molar-refractivity contribution in [1.29, 1.82) is 0 Å². The van der Waals surface area contributed by atoms with Crippen LogP contribution in [-0.4, -0.2) is 140 Å². The van der Waals surface area contributed by atoms with Crippen molar-refractivity contribution in [2.45, 2.75) is 55.6 Å². The number of fused-ring (bicyclic) bond motifs is 2. The number of aliphatic hydroxyl groups is 1. The highest BCUT2D eigenvalue weighted by atomic mass is 79.9. The fraction of sp³-hybridized carbons (Fsp3) is 0.611. The van der Waals surface area contributed by atoms with E-state index in [0.717, 1.165) is 13.1 Å². The van der Waals surface area contributed by atoms with Gasteiger partial charge in [0.1, 0.15) is 29.8 Å². The number of nitrogens with zero attached hydrogens (tertiary/aromatic N) is 3. The molecule has 14 heteroatoms. The summed E-state index contributed by atoms with van der Waals surface area (Å²) in [5.74, 6) is -3.60. The van der Waals surface area contributed by atoms with Crippen LogP contribution in [0.2, 0.25) is 0 Å². The van der Waals surface area contributed by atoms with E-state index >= 15 is 0 Å². The number of allylic oxidation sites excluding steroid dienone is 1. The highest BCUT2D eigenvalue weighted by Crippen LogP contribution is 2.59. The fourth-order valence-corrected chi connectivity index (χ4v) is 8.61. The molecular formula is C36H47BrN4O9. The van der Waals surface area contributed by atoms with Gasteiger partial charge in [0.25, 0.3) is 0 Å². The number of benzene rings is 1. The molecule has 5 heterocycles. The maximum atomic E-state index is 14.9. The molecule has 3 amide bonds. The van der Waals surface area contributed by atoms with Crippen molar-refractivity contribution >= 4 is 39.6 Å². The lowest BCUT2D eigenvalue weighted by atomic mass is 9.74. The first-order valence-electron chi connectivity index (χ1n) is 17.5. The zero-order valence-corrected chi connectivity index (χ0v) is 30.0. The minimum Gasteiger partial charge on any atom is -0.455 e. The van der Waals surface area contributed by atoms with Crippen LogP contribution in [0.3, 0.4) is 0 Å². The summed E-state index contributed by atoms with van der Waals surface area (Å²) in [4.78, 5) is 62.6. The second kappa shape index (κ2) is 16.5. The molecule has 272 valence electrons. The molecule has 5 bridgehead atoms. The molecule has 0 radical (unpaired) electrons. The Morgan fingerprint density at radius 2 is 1.78 bits per heavy atom. The summed E-state index contributed by atoms with van der Waals surface area (Å²) in [6.07, 6.45) is 5.34. The van der Waals surface area contributed by atoms with Gasteiger partial charge in [-0.2, -0.15) is 0 Å². The van der Waals surface area contributed by atoms with Gasteiger partial charge in [-0.05, 0) is 30.9 Å². The van der Waals surface area contributed by atoms with Gasteiger partial charge in [-0.15, -0.1) is 0 Å². The summed E-state index contributed by atoms with van der Waals surface area (Å²) in [7, 11) is 1.52. The van der Waals surface area contributed by atoms with Crippen LogP contribution >= 0.6 is 15.9 Å². The zero-order valence-electron chi connectivity index (χ0n) is 28.4. The van der Waals surface area contributed by atoms with Crippen molar-refractivity contribution in [2.24, 2.45) is 11.8 Å². The topological polar surface area (TPSA) is 147 Å². The first-order chi connectivity index (χ1) is 24.3. The molecule has 6 rings (SSSR count). The lowest BCUT2D eigenvalue weighted by molar-refractivity contribution is -0.162. The highest BCUT2D eigenvalue weighted by molar-refractivity contribution is 9.11. The summed E-state index contributed by atoms with van der Waals surface area (Å²) in [5, 5.41) is 12.6. The molecule has 0 aliphatic carbocycles. The number of ether oxygens (including phenoxy) is 4. The van der Waals surface area contributed by atoms with Crippen LogP contribution in [0.1, 0.15) is 37.4 Å². The Morgan fingerprint density at radius 3 is 2.52 bits per heavy atom. The number of unbranched alkanes of at least 4 members (excludes halogenated alkanes) is 1. The van der Waals surface area contributed by atoms with Crippen LogP contribution in [-0.2, 0) is 38.1 Å². The number of aliphatic hydroxyl groups excluding tert-OH is 1. The van der Waals surface area contributed by atoms with Gasteiger partial charge in [-0.25, -0.2) is 0 Å². The Hall–Kier alpha value is -3.14. The van der Waals surface area contributed by atoms with Crippen molar-refractivity contribution in [3.8, 4) is 0 Å². The average molecular weight is 760 g/mol. The molecule has 3 saturated heterocycles. The summed E-state index contributed by atoms with van der Waals surface area (Å²) in [5.41, 5.74) is -0.751. The molecule has 50 heavy (non-hydrogen) atoms. The molecule has 7 atom stereocenters. The number of rotatable bonds is 10. The maximum absolute atomic E-state index is 14.9. The van der Waals surface area contributed by atoms with Gasteiger partial charge in [-0.3, -0.25) is 24.1 Å². The van der Waals surface area contributed by atoms with Gasteiger partial charge < -0.3 is 39.2 Å². The van der Waals surface area contributed by atoms with Gasteiger partial charge in [0.15, 0.2) is 0 Å². The molecule has 13 nitrogen and oxygen atoms in total. The van der Waals surface area contributed by atoms with E-state index in [4.69, 9.17) is 18.9 Å². The molecule has 0 unspecified atom stereocenters. The number of cyclic esters (lactones) is 1. The monoisotopic (exact) mass is 758 g/mol. The third kappa shape index (κ3) is 7.42. The molecule has 0 saturated carbocycles. The first kappa shape index (κ1) is 36.6. The van der Waals surface area contributed by atoms with Gasteiger partial charge in [0, 0.05) is 63.9 Å². The number of esters is 1. The standard InChI is InChI=1S/C36H47BrN4O9/c1-47-23-26-30(24-10-4-2-5-11-24)49-35(46)28-29-33(44)41(14-8-9-19-42)32(36(29)22-25(37)31(28)50-36)34(45)40(13-7-3-6-12-27(43)38-26)16-15-39-17-20-48-21-18-39/h2-5,7,10-11,22,26,28-32,42H,6,8-9,12-21,23H2,1H3,(H,38,43)/b7-3-/t26-,28+,29-,30-,31+,32+,36-/m1/s1. The van der Waals surface area contributed by atoms with Crippen molar-refractivity contribution in [1.82, 2.24) is 20.0 Å². The van der Waals surface area contributed by atoms with Gasteiger partial charge in [0.2, 0.25) is 17.7 Å². The Bertz CT molecular complexity index is 1450. The molecule has 2 N–H and O–H groups in total. The quantitative estimate of drug-likeness (QED) is 0.205. The first-order valence-corrected chi connectivity index (χ1v) is 18.3. The normalized spacial score (nSPS) is 32.9. The second-order valence-corrected chi connectivity index (χ2v) is 14.4. The van der Waals surface area contributed by atoms with Crippen LogP contribution < -0.4 is 5.32 Å². The Morgan fingerprint density at radius 1 is 1.00 bits per heavy atom. The van der Waals surface area contributed by atoms with Gasteiger partial charge in [-0.1, -0.05) is 58.4 Å². The van der Waals surface area contributed by atoms with E-state index in [-0.39, 0.29) is 50.4 Å². The molecule has 5 aliphatic heterocycles. The zero-order chi connectivity index (χ0) is 35.3. The molecule has 5 aliphatic rings. The van der Waals surface area contributed by atoms with E-state index in [9.17, 15) is 24.3 Å². The number of halogens is 1. The Labute approximate surface area is 301 Å². The number of amides is 3. The number of nitrogens with one attached hydrogen (secondary N) is 1. The lowest BCUT2D eigenvalue weighted by Gasteiger charge is -2.37. The van der Waals surface area contributed by atoms with E-state index in [2.05, 4.69) is 26.1 Å². The van der Waals surface area contributed by atoms with Crippen molar-refractivity contribution in [2.75, 3.05) is 72.8 Å². The summed E-state index contributed by atoms with van der Waals surface area (Å²) in [6.45, 7) is 4.28. The van der Waals surface area contributed by atoms with E-state index in [0.29, 0.717) is 55.6 Å². The molecule has 3 fully saturated rings. The van der Waals surface area contributed by atoms with Crippen molar-refractivity contribution in [3.05, 3.63) is 58.6 Å². The number of carbonyl (C=O) groups excluding carboxylic acids is 4. The minimum absolute atomic E-state index is 0.0509. The van der Waals surface area contributed by atoms with Gasteiger partial charge in [0.05, 0.1) is 31.8 Å². The van der Waals surface area contributed by atoms with E-state index in [1.54, 1.807) is 15.9 Å². The van der Waals surface area contributed by atoms with E-state index in [1.165, 1.54) is 7.11 Å². The maximum Gasteiger partial charge on any atom is 0.313 e. The molecule has 1 aromatic carbocycles. The van der Waals surface area contributed by atoms with E-state index in [1.807, 2.05) is 42.5 Å². The lowest BCUT2D eigenvalue weighted by Crippen LogP contribution is -2.57. The molecule has 1 aromatic rings. The van der Waals surface area contributed by atoms with Crippen LogP contribution in [0.25, 0.3) is 0 Å². The highest BCUT2D eigenvalue weighted by Gasteiger charge is 2.75. The third-order valence-corrected chi connectivity index (χ3v) is 11.0.